The molecule has 0 saturated carbocycles. The fraction of sp³-hybridized carbons (Fsp3) is 0.727. The van der Waals surface area contributed by atoms with Gasteiger partial charge in [-0.2, -0.15) is 0 Å². The summed E-state index contributed by atoms with van der Waals surface area (Å²) in [5, 5.41) is 2.88. The summed E-state index contributed by atoms with van der Waals surface area (Å²) < 4.78 is 0. The topological polar surface area (TPSA) is 29.1 Å². The van der Waals surface area contributed by atoms with Crippen LogP contribution in [0, 0.1) is 5.41 Å². The van der Waals surface area contributed by atoms with Gasteiger partial charge in [-0.15, -0.1) is 0 Å². The maximum absolute atomic E-state index is 11.3. The highest BCUT2D eigenvalue weighted by Crippen LogP contribution is 2.38. The van der Waals surface area contributed by atoms with E-state index in [1.165, 1.54) is 12.8 Å². The van der Waals surface area contributed by atoms with E-state index < -0.39 is 0 Å². The van der Waals surface area contributed by atoms with Crippen LogP contribution in [0.3, 0.4) is 0 Å². The van der Waals surface area contributed by atoms with E-state index in [9.17, 15) is 4.79 Å². The molecule has 2 heteroatoms. The molecular weight excluding hydrogens is 162 g/mol. The molecule has 2 nitrogen and oxygen atoms in total. The van der Waals surface area contributed by atoms with Gasteiger partial charge in [0.25, 0.3) is 0 Å². The molecule has 13 heavy (non-hydrogen) atoms. The second-order valence-electron chi connectivity index (χ2n) is 3.90. The van der Waals surface area contributed by atoms with Crippen LogP contribution in [0.5, 0.6) is 0 Å². The summed E-state index contributed by atoms with van der Waals surface area (Å²) in [5.74, 6) is 0.0537. The normalized spacial score (nSPS) is 27.8. The Morgan fingerprint density at radius 1 is 1.54 bits per heavy atom. The molecule has 1 saturated heterocycles. The van der Waals surface area contributed by atoms with E-state index in [0.29, 0.717) is 0 Å². The Morgan fingerprint density at radius 3 is 2.62 bits per heavy atom. The molecule has 0 spiro atoms. The summed E-state index contributed by atoms with van der Waals surface area (Å²) in [6.07, 6.45) is 4.48. The molecule has 0 aliphatic carbocycles. The number of carbonyl (C=O) groups is 1. The van der Waals surface area contributed by atoms with Crippen LogP contribution >= 0.6 is 0 Å². The summed E-state index contributed by atoms with van der Waals surface area (Å²) in [6.45, 7) is 9.01. The lowest BCUT2D eigenvalue weighted by molar-refractivity contribution is -0.116. The van der Waals surface area contributed by atoms with E-state index >= 15 is 0 Å². The molecule has 1 rings (SSSR count). The standard InChI is InChI=1S/C11H19NO/c1-4-6-7-11(5-2)8-12-10(13)9(11)3/h3-8H2,1-2H3,(H,12,13). The smallest absolute Gasteiger partial charge is 0.247 e. The lowest BCUT2D eigenvalue weighted by Crippen LogP contribution is -2.24. The third-order valence-corrected chi connectivity index (χ3v) is 3.19. The first-order chi connectivity index (χ1) is 6.16. The fourth-order valence-corrected chi connectivity index (χ4v) is 1.97. The van der Waals surface area contributed by atoms with Crippen LogP contribution in [-0.2, 0) is 4.79 Å². The van der Waals surface area contributed by atoms with Crippen molar-refractivity contribution in [2.45, 2.75) is 39.5 Å². The predicted octanol–water partition coefficient (Wildman–Crippen LogP) is 2.26. The average Bonchev–Trinajstić information content (AvgIpc) is 2.43. The van der Waals surface area contributed by atoms with Gasteiger partial charge in [0.05, 0.1) is 0 Å². The van der Waals surface area contributed by atoms with Gasteiger partial charge in [0.15, 0.2) is 0 Å². The number of unbranched alkanes of at least 4 members (excludes halogenated alkanes) is 1. The van der Waals surface area contributed by atoms with Gasteiger partial charge in [-0.05, 0) is 12.8 Å². The fourth-order valence-electron chi connectivity index (χ4n) is 1.97. The average molecular weight is 181 g/mol. The Hall–Kier alpha value is -0.790. The van der Waals surface area contributed by atoms with Gasteiger partial charge in [0.2, 0.25) is 5.91 Å². The molecule has 1 aliphatic rings. The highest BCUT2D eigenvalue weighted by molar-refractivity contribution is 5.96. The molecule has 1 aliphatic heterocycles. The van der Waals surface area contributed by atoms with Crippen LogP contribution in [0.4, 0.5) is 0 Å². The summed E-state index contributed by atoms with van der Waals surface area (Å²) in [7, 11) is 0. The molecule has 1 N–H and O–H groups in total. The number of carbonyl (C=O) groups excluding carboxylic acids is 1. The Bertz CT molecular complexity index is 222. The van der Waals surface area contributed by atoms with Crippen molar-refractivity contribution in [1.29, 1.82) is 0 Å². The van der Waals surface area contributed by atoms with Crippen molar-refractivity contribution in [1.82, 2.24) is 5.32 Å². The van der Waals surface area contributed by atoms with Crippen LogP contribution in [0.15, 0.2) is 12.2 Å². The van der Waals surface area contributed by atoms with E-state index in [2.05, 4.69) is 25.7 Å². The number of hydrogen-bond acceptors (Lipinski definition) is 1. The second kappa shape index (κ2) is 3.95. The van der Waals surface area contributed by atoms with Gasteiger partial charge < -0.3 is 5.32 Å². The molecule has 1 atom stereocenters. The van der Waals surface area contributed by atoms with Gasteiger partial charge in [-0.1, -0.05) is 33.3 Å². The molecule has 74 valence electrons. The van der Waals surface area contributed by atoms with E-state index in [-0.39, 0.29) is 11.3 Å². The third-order valence-electron chi connectivity index (χ3n) is 3.19. The SMILES string of the molecule is C=C1C(=O)NCC1(CC)CCCC. The molecule has 1 heterocycles. The van der Waals surface area contributed by atoms with Crippen molar-refractivity contribution in [3.8, 4) is 0 Å². The highest BCUT2D eigenvalue weighted by Gasteiger charge is 2.39. The Labute approximate surface area is 80.4 Å². The number of hydrogen-bond donors (Lipinski definition) is 1. The minimum atomic E-state index is 0.0537. The summed E-state index contributed by atoms with van der Waals surface area (Å²) >= 11 is 0. The van der Waals surface area contributed by atoms with Crippen molar-refractivity contribution in [3.63, 3.8) is 0 Å². The summed E-state index contributed by atoms with van der Waals surface area (Å²) in [4.78, 5) is 11.3. The first-order valence-electron chi connectivity index (χ1n) is 5.14. The molecular formula is C11H19NO. The Balaban J connectivity index is 2.70. The van der Waals surface area contributed by atoms with Gasteiger partial charge in [-0.3, -0.25) is 4.79 Å². The van der Waals surface area contributed by atoms with E-state index in [4.69, 9.17) is 0 Å². The van der Waals surface area contributed by atoms with Crippen molar-refractivity contribution >= 4 is 5.91 Å². The van der Waals surface area contributed by atoms with E-state index in [1.54, 1.807) is 0 Å². The lowest BCUT2D eigenvalue weighted by atomic mass is 9.76. The molecule has 1 fully saturated rings. The van der Waals surface area contributed by atoms with Crippen LogP contribution in [0.1, 0.15) is 39.5 Å². The minimum absolute atomic E-state index is 0.0537. The zero-order valence-corrected chi connectivity index (χ0v) is 8.65. The monoisotopic (exact) mass is 181 g/mol. The maximum atomic E-state index is 11.3. The third kappa shape index (κ3) is 1.77. The molecule has 1 amide bonds. The summed E-state index contributed by atoms with van der Waals surface area (Å²) in [6, 6.07) is 0. The summed E-state index contributed by atoms with van der Waals surface area (Å²) in [5.41, 5.74) is 0.857. The van der Waals surface area contributed by atoms with Crippen molar-refractivity contribution < 1.29 is 4.79 Å². The van der Waals surface area contributed by atoms with Crippen LogP contribution in [0.25, 0.3) is 0 Å². The number of amides is 1. The van der Waals surface area contributed by atoms with E-state index in [0.717, 1.165) is 25.0 Å². The quantitative estimate of drug-likeness (QED) is 0.662. The zero-order valence-electron chi connectivity index (χ0n) is 8.65. The van der Waals surface area contributed by atoms with Gasteiger partial charge >= 0.3 is 0 Å². The van der Waals surface area contributed by atoms with E-state index in [1.807, 2.05) is 0 Å². The largest absolute Gasteiger partial charge is 0.351 e. The maximum Gasteiger partial charge on any atom is 0.247 e. The van der Waals surface area contributed by atoms with Gasteiger partial charge in [0, 0.05) is 17.5 Å². The Kier molecular flexibility index (Phi) is 3.12. The number of nitrogens with one attached hydrogen (secondary N) is 1. The predicted molar refractivity (Wildman–Crippen MR) is 54.4 cm³/mol. The van der Waals surface area contributed by atoms with Crippen LogP contribution < -0.4 is 5.32 Å². The molecule has 1 unspecified atom stereocenters. The highest BCUT2D eigenvalue weighted by atomic mass is 16.2. The molecule has 0 aromatic heterocycles. The van der Waals surface area contributed by atoms with Crippen molar-refractivity contribution in [3.05, 3.63) is 12.2 Å². The minimum Gasteiger partial charge on any atom is -0.351 e. The first-order valence-corrected chi connectivity index (χ1v) is 5.14. The molecule has 0 aromatic rings. The zero-order chi connectivity index (χ0) is 9.90. The van der Waals surface area contributed by atoms with Crippen LogP contribution in [-0.4, -0.2) is 12.5 Å². The lowest BCUT2D eigenvalue weighted by Gasteiger charge is -2.26. The van der Waals surface area contributed by atoms with Gasteiger partial charge in [-0.25, -0.2) is 0 Å². The first kappa shape index (κ1) is 10.3. The molecule has 0 aromatic carbocycles. The van der Waals surface area contributed by atoms with Gasteiger partial charge in [0.1, 0.15) is 0 Å². The molecule has 0 radical (unpaired) electrons. The second-order valence-corrected chi connectivity index (χ2v) is 3.90. The van der Waals surface area contributed by atoms with Crippen LogP contribution in [0.2, 0.25) is 0 Å². The Morgan fingerprint density at radius 2 is 2.23 bits per heavy atom. The molecule has 0 bridgehead atoms. The van der Waals surface area contributed by atoms with Crippen molar-refractivity contribution in [2.24, 2.45) is 5.41 Å². The van der Waals surface area contributed by atoms with Crippen molar-refractivity contribution in [2.75, 3.05) is 6.54 Å². The number of rotatable bonds is 4.